The highest BCUT2D eigenvalue weighted by molar-refractivity contribution is 9.10. The Hall–Kier alpha value is -1.53. The summed E-state index contributed by atoms with van der Waals surface area (Å²) < 4.78 is 1.49. The summed E-state index contributed by atoms with van der Waals surface area (Å²) in [6.45, 7) is 0. The van der Waals surface area contributed by atoms with E-state index in [1.54, 1.807) is 36.4 Å². The van der Waals surface area contributed by atoms with Crippen molar-refractivity contribution >= 4 is 53.7 Å². The van der Waals surface area contributed by atoms with Crippen LogP contribution in [0.25, 0.3) is 21.8 Å². The molecule has 3 aromatic rings. The smallest absolute Gasteiger partial charge is 0.257 e. The van der Waals surface area contributed by atoms with Crippen molar-refractivity contribution < 1.29 is 4.85 Å². The van der Waals surface area contributed by atoms with Gasteiger partial charge in [0.05, 0.1) is 10.8 Å². The van der Waals surface area contributed by atoms with E-state index in [2.05, 4.69) is 37.0 Å². The molecule has 0 aliphatic heterocycles. The Labute approximate surface area is 124 Å². The summed E-state index contributed by atoms with van der Waals surface area (Å²) in [7, 11) is 0. The van der Waals surface area contributed by atoms with Gasteiger partial charge in [-0.05, 0) is 35.2 Å². The number of rotatable bonds is 0. The topological polar surface area (TPSA) is 56.9 Å². The van der Waals surface area contributed by atoms with Crippen molar-refractivity contribution in [3.05, 3.63) is 60.8 Å². The van der Waals surface area contributed by atoms with Crippen LogP contribution in [0.2, 0.25) is 0 Å². The van der Waals surface area contributed by atoms with Crippen LogP contribution in [0, 0.1) is 5.21 Å². The van der Waals surface area contributed by atoms with E-state index < -0.39 is 0 Å². The first kappa shape index (κ1) is 12.5. The molecule has 3 rings (SSSR count). The minimum atomic E-state index is -0.202. The van der Waals surface area contributed by atoms with Gasteiger partial charge in [-0.25, -0.2) is 0 Å². The van der Waals surface area contributed by atoms with Crippen LogP contribution in [0.15, 0.2) is 50.1 Å². The molecule has 4 nitrogen and oxygen atoms in total. The molecule has 19 heavy (non-hydrogen) atoms. The molecule has 0 saturated carbocycles. The quantitative estimate of drug-likeness (QED) is 0.444. The van der Waals surface area contributed by atoms with Gasteiger partial charge < -0.3 is 5.21 Å². The number of nitrogens with zero attached hydrogens (tertiary/aromatic N) is 2. The second-order valence-electron chi connectivity index (χ2n) is 4.03. The molecule has 0 saturated heterocycles. The number of fused-ring (bicyclic) bond motifs is 2. The van der Waals surface area contributed by atoms with Crippen molar-refractivity contribution in [1.82, 2.24) is 5.10 Å². The lowest BCUT2D eigenvalue weighted by atomic mass is 10.2. The molecule has 0 radical (unpaired) electrons. The van der Waals surface area contributed by atoms with Crippen LogP contribution < -0.4 is 10.3 Å². The molecule has 0 spiro atoms. The van der Waals surface area contributed by atoms with E-state index >= 15 is 0 Å². The maximum Gasteiger partial charge on any atom is 0.257 e. The minimum absolute atomic E-state index is 0.202. The molecule has 94 valence electrons. The molecule has 0 N–H and O–H groups in total. The van der Waals surface area contributed by atoms with Crippen molar-refractivity contribution in [1.29, 1.82) is 0 Å². The zero-order valence-corrected chi connectivity index (χ0v) is 12.6. The van der Waals surface area contributed by atoms with E-state index in [1.807, 2.05) is 0 Å². The van der Waals surface area contributed by atoms with Crippen LogP contribution in [-0.2, 0) is 0 Å². The fourth-order valence-corrected chi connectivity index (χ4v) is 2.63. The SMILES string of the molecule is O=c1c2ccc(Br)cc2n[n+]([O-])c2cc(Br)ccc12. The second-order valence-corrected chi connectivity index (χ2v) is 5.86. The zero-order valence-electron chi connectivity index (χ0n) is 9.43. The van der Waals surface area contributed by atoms with Crippen LogP contribution in [0.1, 0.15) is 0 Å². The average Bonchev–Trinajstić information content (AvgIpc) is 2.46. The fourth-order valence-electron chi connectivity index (χ4n) is 1.93. The molecule has 0 aliphatic rings. The number of benzene rings is 2. The van der Waals surface area contributed by atoms with Gasteiger partial charge in [-0.3, -0.25) is 4.79 Å². The lowest BCUT2D eigenvalue weighted by Crippen LogP contribution is -2.30. The maximum absolute atomic E-state index is 12.4. The Morgan fingerprint density at radius 1 is 1.00 bits per heavy atom. The lowest BCUT2D eigenvalue weighted by molar-refractivity contribution is -0.639. The van der Waals surface area contributed by atoms with E-state index in [4.69, 9.17) is 0 Å². The number of hydrogen-bond acceptors (Lipinski definition) is 3. The first-order valence-corrected chi connectivity index (χ1v) is 6.97. The van der Waals surface area contributed by atoms with E-state index in [0.717, 1.165) is 8.95 Å². The van der Waals surface area contributed by atoms with Crippen LogP contribution in [0.3, 0.4) is 0 Å². The average molecular weight is 382 g/mol. The molecule has 0 atom stereocenters. The Bertz CT molecular complexity index is 881. The Morgan fingerprint density at radius 3 is 2.37 bits per heavy atom. The molecule has 0 aliphatic carbocycles. The summed E-state index contributed by atoms with van der Waals surface area (Å²) in [5.74, 6) is 0. The van der Waals surface area contributed by atoms with Gasteiger partial charge in [-0.15, -0.1) is 0 Å². The van der Waals surface area contributed by atoms with E-state index in [9.17, 15) is 10.0 Å². The highest BCUT2D eigenvalue weighted by Gasteiger charge is 2.12. The Morgan fingerprint density at radius 2 is 1.63 bits per heavy atom. The lowest BCUT2D eigenvalue weighted by Gasteiger charge is -1.93. The van der Waals surface area contributed by atoms with Gasteiger partial charge in [0.15, 0.2) is 0 Å². The first-order valence-electron chi connectivity index (χ1n) is 5.39. The van der Waals surface area contributed by atoms with Crippen LogP contribution in [-0.4, -0.2) is 5.10 Å². The van der Waals surface area contributed by atoms with Gasteiger partial charge in [-0.2, -0.15) is 0 Å². The van der Waals surface area contributed by atoms with Gasteiger partial charge in [-0.1, -0.05) is 31.9 Å². The van der Waals surface area contributed by atoms with Gasteiger partial charge in [0.25, 0.3) is 5.52 Å². The minimum Gasteiger partial charge on any atom is -0.594 e. The van der Waals surface area contributed by atoms with E-state index in [0.29, 0.717) is 21.1 Å². The second kappa shape index (κ2) is 4.54. The molecule has 1 heterocycles. The molecular formula is C13H6Br2N2O2. The van der Waals surface area contributed by atoms with E-state index in [1.165, 1.54) is 0 Å². The van der Waals surface area contributed by atoms with Crippen LogP contribution in [0.5, 0.6) is 0 Å². The van der Waals surface area contributed by atoms with Gasteiger partial charge in [0.2, 0.25) is 5.43 Å². The number of hydrogen-bond donors (Lipinski definition) is 0. The summed E-state index contributed by atoms with van der Waals surface area (Å²) in [6.07, 6.45) is 0. The monoisotopic (exact) mass is 380 g/mol. The number of halogens is 2. The van der Waals surface area contributed by atoms with Gasteiger partial charge in [0.1, 0.15) is 5.52 Å². The summed E-state index contributed by atoms with van der Waals surface area (Å²) in [6, 6.07) is 10.0. The molecule has 0 fully saturated rings. The third kappa shape index (κ3) is 2.11. The van der Waals surface area contributed by atoms with Gasteiger partial charge in [0, 0.05) is 20.1 Å². The standard InChI is InChI=1S/C13H6Br2N2O2/c14-7-1-3-9-11(5-7)16-17(19)12-6-8(15)2-4-10(12)13(9)18/h1-6H. The third-order valence-corrected chi connectivity index (χ3v) is 3.80. The molecule has 0 unspecified atom stereocenters. The summed E-state index contributed by atoms with van der Waals surface area (Å²) in [4.78, 5) is 12.9. The largest absolute Gasteiger partial charge is 0.594 e. The summed E-state index contributed by atoms with van der Waals surface area (Å²) in [5, 5.41) is 16.7. The molecule has 6 heteroatoms. The van der Waals surface area contributed by atoms with E-state index in [-0.39, 0.29) is 10.9 Å². The van der Waals surface area contributed by atoms with Gasteiger partial charge >= 0.3 is 0 Å². The van der Waals surface area contributed by atoms with Crippen molar-refractivity contribution in [3.63, 3.8) is 0 Å². The van der Waals surface area contributed by atoms with Crippen molar-refractivity contribution in [2.45, 2.75) is 0 Å². The normalized spacial score (nSPS) is 11.1. The molecule has 0 amide bonds. The predicted molar refractivity (Wildman–Crippen MR) is 79.9 cm³/mol. The van der Waals surface area contributed by atoms with Crippen LogP contribution in [0.4, 0.5) is 0 Å². The molecule has 2 aromatic carbocycles. The van der Waals surface area contributed by atoms with Crippen LogP contribution >= 0.6 is 31.9 Å². The van der Waals surface area contributed by atoms with Crippen molar-refractivity contribution in [2.75, 3.05) is 0 Å². The first-order chi connectivity index (χ1) is 9.06. The highest BCUT2D eigenvalue weighted by Crippen LogP contribution is 2.18. The molecular weight excluding hydrogens is 376 g/mol. The zero-order chi connectivity index (χ0) is 13.6. The number of aromatic nitrogens is 2. The summed E-state index contributed by atoms with van der Waals surface area (Å²) >= 11 is 6.59. The highest BCUT2D eigenvalue weighted by atomic mass is 79.9. The van der Waals surface area contributed by atoms with Crippen molar-refractivity contribution in [3.8, 4) is 0 Å². The molecule has 0 bridgehead atoms. The maximum atomic E-state index is 12.4. The third-order valence-electron chi connectivity index (χ3n) is 2.81. The fraction of sp³-hybridized carbons (Fsp3) is 0. The Balaban J connectivity index is 2.66. The Kier molecular flexibility index (Phi) is 2.99. The molecule has 1 aromatic heterocycles. The predicted octanol–water partition coefficient (Wildman–Crippen LogP) is 2.91. The van der Waals surface area contributed by atoms with Crippen molar-refractivity contribution in [2.24, 2.45) is 0 Å². The summed E-state index contributed by atoms with van der Waals surface area (Å²) in [5.41, 5.74) is 0.403.